The number of alkyl halides is 2. The van der Waals surface area contributed by atoms with Gasteiger partial charge in [-0.1, -0.05) is 18.2 Å². The quantitative estimate of drug-likeness (QED) is 0.736. The molecule has 1 aromatic rings. The van der Waals surface area contributed by atoms with Crippen molar-refractivity contribution < 1.29 is 18.0 Å². The molecule has 14 heavy (non-hydrogen) atoms. The van der Waals surface area contributed by atoms with Gasteiger partial charge in [0.05, 0.1) is 12.0 Å². The first-order valence-electron chi connectivity index (χ1n) is 4.06. The van der Waals surface area contributed by atoms with Crippen LogP contribution in [-0.4, -0.2) is 5.78 Å². The highest BCUT2D eigenvalue weighted by Crippen LogP contribution is 2.33. The molecule has 0 radical (unpaired) electrons. The maximum absolute atomic E-state index is 13.2. The minimum atomic E-state index is -3.42. The van der Waals surface area contributed by atoms with Gasteiger partial charge in [0.1, 0.15) is 11.6 Å². The third-order valence-corrected chi connectivity index (χ3v) is 1.74. The Morgan fingerprint density at radius 2 is 1.93 bits per heavy atom. The van der Waals surface area contributed by atoms with Gasteiger partial charge in [-0.15, -0.1) is 0 Å². The Kier molecular flexibility index (Phi) is 2.93. The van der Waals surface area contributed by atoms with Gasteiger partial charge >= 0.3 is 0 Å². The zero-order valence-corrected chi connectivity index (χ0v) is 7.56. The molecule has 0 bridgehead atoms. The zero-order chi connectivity index (χ0) is 10.8. The first kappa shape index (κ1) is 10.8. The molecule has 1 aromatic carbocycles. The smallest absolute Gasteiger partial charge is 0.282 e. The lowest BCUT2D eigenvalue weighted by atomic mass is 10.0. The third kappa shape index (κ3) is 2.34. The number of carbonyl (C=O) groups excluding carboxylic acids is 1. The molecule has 0 fully saturated rings. The molecule has 0 spiro atoms. The number of rotatable bonds is 3. The molecule has 0 aliphatic rings. The minimum Gasteiger partial charge on any atom is -0.300 e. The summed E-state index contributed by atoms with van der Waals surface area (Å²) < 4.78 is 39.4. The number of carbonyl (C=O) groups is 1. The van der Waals surface area contributed by atoms with Crippen LogP contribution in [0.15, 0.2) is 24.3 Å². The SMILES string of the molecule is CC(=O)CC(F)(F)c1ccccc1F. The van der Waals surface area contributed by atoms with E-state index in [1.54, 1.807) is 0 Å². The number of Topliss-reactive ketones (excluding diaryl/α,β-unsaturated/α-hetero) is 1. The Balaban J connectivity index is 3.03. The first-order valence-corrected chi connectivity index (χ1v) is 4.06. The van der Waals surface area contributed by atoms with E-state index in [0.29, 0.717) is 0 Å². The summed E-state index contributed by atoms with van der Waals surface area (Å²) in [6.45, 7) is 1.05. The van der Waals surface area contributed by atoms with E-state index in [-0.39, 0.29) is 0 Å². The average molecular weight is 202 g/mol. The van der Waals surface area contributed by atoms with Crippen LogP contribution in [0.25, 0.3) is 0 Å². The van der Waals surface area contributed by atoms with Crippen molar-refractivity contribution in [1.29, 1.82) is 0 Å². The van der Waals surface area contributed by atoms with Crippen LogP contribution in [0.4, 0.5) is 13.2 Å². The molecule has 0 heterocycles. The summed E-state index contributed by atoms with van der Waals surface area (Å²) in [5, 5.41) is 0. The molecule has 0 saturated carbocycles. The second kappa shape index (κ2) is 3.82. The Bertz CT molecular complexity index is 347. The van der Waals surface area contributed by atoms with Crippen LogP contribution in [0.5, 0.6) is 0 Å². The Hall–Kier alpha value is -1.32. The second-order valence-electron chi connectivity index (χ2n) is 3.06. The van der Waals surface area contributed by atoms with Crippen LogP contribution in [0.2, 0.25) is 0 Å². The summed E-state index contributed by atoms with van der Waals surface area (Å²) >= 11 is 0. The van der Waals surface area contributed by atoms with Crippen molar-refractivity contribution in [3.8, 4) is 0 Å². The van der Waals surface area contributed by atoms with E-state index in [0.717, 1.165) is 19.1 Å². The van der Waals surface area contributed by atoms with Gasteiger partial charge in [0, 0.05) is 0 Å². The van der Waals surface area contributed by atoms with E-state index in [1.165, 1.54) is 12.1 Å². The summed E-state index contributed by atoms with van der Waals surface area (Å²) in [7, 11) is 0. The number of benzene rings is 1. The highest BCUT2D eigenvalue weighted by molar-refractivity contribution is 5.76. The second-order valence-corrected chi connectivity index (χ2v) is 3.06. The lowest BCUT2D eigenvalue weighted by molar-refractivity contribution is -0.125. The highest BCUT2D eigenvalue weighted by Gasteiger charge is 2.35. The van der Waals surface area contributed by atoms with Crippen LogP contribution in [0.1, 0.15) is 18.9 Å². The maximum Gasteiger partial charge on any atom is 0.282 e. The molecule has 0 amide bonds. The summed E-state index contributed by atoms with van der Waals surface area (Å²) in [4.78, 5) is 10.5. The molecule has 0 aromatic heterocycles. The fourth-order valence-corrected chi connectivity index (χ4v) is 1.17. The van der Waals surface area contributed by atoms with Crippen molar-refractivity contribution in [3.05, 3.63) is 35.6 Å². The molecular weight excluding hydrogens is 193 g/mol. The van der Waals surface area contributed by atoms with Gasteiger partial charge in [0.15, 0.2) is 0 Å². The van der Waals surface area contributed by atoms with Gasteiger partial charge in [-0.3, -0.25) is 4.79 Å². The van der Waals surface area contributed by atoms with Gasteiger partial charge in [-0.2, -0.15) is 0 Å². The van der Waals surface area contributed by atoms with E-state index < -0.39 is 29.5 Å². The van der Waals surface area contributed by atoms with Crippen LogP contribution < -0.4 is 0 Å². The van der Waals surface area contributed by atoms with Crippen LogP contribution in [0.3, 0.4) is 0 Å². The van der Waals surface area contributed by atoms with Gasteiger partial charge in [0.25, 0.3) is 5.92 Å². The van der Waals surface area contributed by atoms with Crippen LogP contribution >= 0.6 is 0 Å². The van der Waals surface area contributed by atoms with Gasteiger partial charge in [-0.05, 0) is 13.0 Å². The molecule has 1 nitrogen and oxygen atoms in total. The number of hydrogen-bond donors (Lipinski definition) is 0. The van der Waals surface area contributed by atoms with Crippen molar-refractivity contribution in [2.24, 2.45) is 0 Å². The third-order valence-electron chi connectivity index (χ3n) is 1.74. The molecule has 0 N–H and O–H groups in total. The Morgan fingerprint density at radius 3 is 2.43 bits per heavy atom. The van der Waals surface area contributed by atoms with Crippen molar-refractivity contribution in [3.63, 3.8) is 0 Å². The van der Waals surface area contributed by atoms with E-state index in [4.69, 9.17) is 0 Å². The summed E-state index contributed by atoms with van der Waals surface area (Å²) in [5.74, 6) is -5.08. The average Bonchev–Trinajstić information content (AvgIpc) is 2.02. The topological polar surface area (TPSA) is 17.1 Å². The molecule has 0 unspecified atom stereocenters. The largest absolute Gasteiger partial charge is 0.300 e. The monoisotopic (exact) mass is 202 g/mol. The molecule has 76 valence electrons. The lowest BCUT2D eigenvalue weighted by Gasteiger charge is -2.15. The van der Waals surface area contributed by atoms with Crippen LogP contribution in [-0.2, 0) is 10.7 Å². The normalized spacial score (nSPS) is 11.4. The highest BCUT2D eigenvalue weighted by atomic mass is 19.3. The molecule has 4 heteroatoms. The summed E-state index contributed by atoms with van der Waals surface area (Å²) in [6.07, 6.45) is -0.964. The van der Waals surface area contributed by atoms with Gasteiger partial charge in [0.2, 0.25) is 0 Å². The van der Waals surface area contributed by atoms with Crippen molar-refractivity contribution in [2.75, 3.05) is 0 Å². The van der Waals surface area contributed by atoms with Crippen molar-refractivity contribution >= 4 is 5.78 Å². The molecule has 0 aliphatic heterocycles. The maximum atomic E-state index is 13.2. The molecule has 0 atom stereocenters. The van der Waals surface area contributed by atoms with Crippen molar-refractivity contribution in [2.45, 2.75) is 19.3 Å². The number of halogens is 3. The molecule has 1 rings (SSSR count). The van der Waals surface area contributed by atoms with E-state index >= 15 is 0 Å². The van der Waals surface area contributed by atoms with E-state index in [9.17, 15) is 18.0 Å². The molecule has 0 saturated heterocycles. The van der Waals surface area contributed by atoms with Gasteiger partial charge < -0.3 is 0 Å². The molecule has 0 aliphatic carbocycles. The van der Waals surface area contributed by atoms with Crippen molar-refractivity contribution in [1.82, 2.24) is 0 Å². The fourth-order valence-electron chi connectivity index (χ4n) is 1.17. The lowest BCUT2D eigenvalue weighted by Crippen LogP contribution is -2.18. The Labute approximate surface area is 79.5 Å². The van der Waals surface area contributed by atoms with E-state index in [2.05, 4.69) is 0 Å². The number of ketones is 1. The summed E-state index contributed by atoms with van der Waals surface area (Å²) in [6, 6.07) is 4.57. The standard InChI is InChI=1S/C10H9F3O/c1-7(14)6-10(12,13)8-4-2-3-5-9(8)11/h2-5H,6H2,1H3. The van der Waals surface area contributed by atoms with Crippen LogP contribution in [0, 0.1) is 5.82 Å². The Morgan fingerprint density at radius 1 is 1.36 bits per heavy atom. The fraction of sp³-hybridized carbons (Fsp3) is 0.300. The first-order chi connectivity index (χ1) is 6.43. The zero-order valence-electron chi connectivity index (χ0n) is 7.56. The molecular formula is C10H9F3O. The van der Waals surface area contributed by atoms with E-state index in [1.807, 2.05) is 0 Å². The predicted molar refractivity (Wildman–Crippen MR) is 45.6 cm³/mol. The number of hydrogen-bond acceptors (Lipinski definition) is 1. The summed E-state index contributed by atoms with van der Waals surface area (Å²) in [5.41, 5.74) is -0.727. The predicted octanol–water partition coefficient (Wildman–Crippen LogP) is 2.90. The van der Waals surface area contributed by atoms with Gasteiger partial charge in [-0.25, -0.2) is 13.2 Å². The minimum absolute atomic E-state index is 0.668.